The number of benzene rings is 2. The number of rotatable bonds is 7. The Labute approximate surface area is 191 Å². The fourth-order valence-corrected chi connectivity index (χ4v) is 3.53. The van der Waals surface area contributed by atoms with Gasteiger partial charge in [-0.1, -0.05) is 19.9 Å². The van der Waals surface area contributed by atoms with Gasteiger partial charge >= 0.3 is 0 Å². The number of fused-ring (bicyclic) bond motifs is 1. The number of nitrogens with zero attached hydrogens (tertiary/aromatic N) is 3. The Morgan fingerprint density at radius 2 is 1.91 bits per heavy atom. The molecule has 2 aromatic heterocycles. The van der Waals surface area contributed by atoms with Gasteiger partial charge < -0.3 is 15.8 Å². The Balaban J connectivity index is 1.52. The third-order valence-electron chi connectivity index (χ3n) is 5.16. The smallest absolute Gasteiger partial charge is 0.273 e. The minimum Gasteiger partial charge on any atom is -0.481 e. The van der Waals surface area contributed by atoms with Gasteiger partial charge in [0.05, 0.1) is 6.20 Å². The lowest BCUT2D eigenvalue weighted by Gasteiger charge is -2.21. The number of carbonyl (C=O) groups is 1. The molecule has 33 heavy (non-hydrogen) atoms. The van der Waals surface area contributed by atoms with Crippen LogP contribution in [0.5, 0.6) is 5.75 Å². The van der Waals surface area contributed by atoms with Crippen molar-refractivity contribution in [2.45, 2.75) is 26.4 Å². The van der Waals surface area contributed by atoms with E-state index in [2.05, 4.69) is 15.3 Å². The quantitative estimate of drug-likeness (QED) is 0.449. The normalized spacial score (nSPS) is 12.0. The van der Waals surface area contributed by atoms with E-state index in [1.54, 1.807) is 48.9 Å². The predicted octanol–water partition coefficient (Wildman–Crippen LogP) is 3.80. The zero-order chi connectivity index (χ0) is 23.4. The molecule has 4 aromatic rings. The Hall–Kier alpha value is -4.20. The van der Waals surface area contributed by atoms with Crippen LogP contribution in [0.2, 0.25) is 0 Å². The highest BCUT2D eigenvalue weighted by molar-refractivity contribution is 5.95. The summed E-state index contributed by atoms with van der Waals surface area (Å²) in [5, 5.41) is 4.64. The highest BCUT2D eigenvalue weighted by Crippen LogP contribution is 2.26. The summed E-state index contributed by atoms with van der Waals surface area (Å²) in [7, 11) is 0. The molecule has 0 aliphatic carbocycles. The summed E-state index contributed by atoms with van der Waals surface area (Å²) in [6, 6.07) is 14.4. The number of carbonyl (C=O) groups excluding carboxylic acids is 1. The van der Waals surface area contributed by atoms with Gasteiger partial charge in [0.2, 0.25) is 0 Å². The van der Waals surface area contributed by atoms with Gasteiger partial charge in [0, 0.05) is 35.4 Å². The van der Waals surface area contributed by atoms with Crippen LogP contribution >= 0.6 is 0 Å². The maximum atomic E-state index is 13.1. The van der Waals surface area contributed by atoms with Crippen molar-refractivity contribution in [2.24, 2.45) is 5.92 Å². The topological polar surface area (TPSA) is 112 Å². The number of nitrogen functional groups attached to an aromatic ring is 1. The summed E-state index contributed by atoms with van der Waals surface area (Å²) in [4.78, 5) is 32.9. The van der Waals surface area contributed by atoms with Crippen LogP contribution in [0.15, 0.2) is 78.1 Å². The minimum atomic E-state index is -0.692. The maximum Gasteiger partial charge on any atom is 0.273 e. The summed E-state index contributed by atoms with van der Waals surface area (Å²) in [5.74, 6) is 0.956. The van der Waals surface area contributed by atoms with E-state index in [0.29, 0.717) is 29.4 Å². The van der Waals surface area contributed by atoms with E-state index in [-0.39, 0.29) is 17.4 Å². The molecule has 0 bridgehead atoms. The Kier molecular flexibility index (Phi) is 6.35. The molecule has 0 saturated carbocycles. The van der Waals surface area contributed by atoms with Gasteiger partial charge in [-0.15, -0.1) is 0 Å². The molecular formula is C25H25N5O3. The second-order valence-corrected chi connectivity index (χ2v) is 8.14. The summed E-state index contributed by atoms with van der Waals surface area (Å²) in [5.41, 5.74) is 7.05. The number of nitrogens with two attached hydrogens (primary N) is 1. The Morgan fingerprint density at radius 1 is 1.12 bits per heavy atom. The molecule has 1 unspecified atom stereocenters. The summed E-state index contributed by atoms with van der Waals surface area (Å²) >= 11 is 0. The second-order valence-electron chi connectivity index (χ2n) is 8.14. The highest BCUT2D eigenvalue weighted by Gasteiger charge is 2.22. The lowest BCUT2D eigenvalue weighted by atomic mass is 10.0. The van der Waals surface area contributed by atoms with Crippen molar-refractivity contribution in [3.63, 3.8) is 0 Å². The molecule has 8 heteroatoms. The van der Waals surface area contributed by atoms with E-state index >= 15 is 0 Å². The molecule has 0 fully saturated rings. The number of ether oxygens (including phenoxy) is 1. The van der Waals surface area contributed by atoms with E-state index in [0.717, 1.165) is 10.8 Å². The third-order valence-corrected chi connectivity index (χ3v) is 5.16. The monoisotopic (exact) mass is 443 g/mol. The SMILES string of the molecule is CC(C)CC(Oc1ccc2ccnc(N)c2c1)C(=O)Nc1ccc(-n2ccncc2=O)cc1. The van der Waals surface area contributed by atoms with Gasteiger partial charge in [0.25, 0.3) is 11.5 Å². The number of hydrogen-bond acceptors (Lipinski definition) is 6. The fraction of sp³-hybridized carbons (Fsp3) is 0.200. The number of hydrogen-bond donors (Lipinski definition) is 2. The fourth-order valence-electron chi connectivity index (χ4n) is 3.53. The molecule has 2 heterocycles. The van der Waals surface area contributed by atoms with Crippen molar-refractivity contribution in [1.82, 2.24) is 14.5 Å². The average molecular weight is 444 g/mol. The number of amides is 1. The van der Waals surface area contributed by atoms with Gasteiger partial charge in [-0.3, -0.25) is 19.1 Å². The van der Waals surface area contributed by atoms with Crippen molar-refractivity contribution in [3.8, 4) is 11.4 Å². The molecule has 4 rings (SSSR count). The van der Waals surface area contributed by atoms with Crippen molar-refractivity contribution in [3.05, 3.63) is 83.7 Å². The van der Waals surface area contributed by atoms with Crippen LogP contribution in [0.25, 0.3) is 16.5 Å². The zero-order valence-electron chi connectivity index (χ0n) is 18.4. The first-order chi connectivity index (χ1) is 15.9. The van der Waals surface area contributed by atoms with Crippen LogP contribution in [0.1, 0.15) is 20.3 Å². The third kappa shape index (κ3) is 5.17. The first-order valence-electron chi connectivity index (χ1n) is 10.7. The number of aromatic nitrogens is 3. The van der Waals surface area contributed by atoms with E-state index < -0.39 is 6.10 Å². The summed E-state index contributed by atoms with van der Waals surface area (Å²) < 4.78 is 7.56. The Morgan fingerprint density at radius 3 is 2.64 bits per heavy atom. The molecule has 1 amide bonds. The van der Waals surface area contributed by atoms with Gasteiger partial charge in [-0.25, -0.2) is 4.98 Å². The molecule has 0 saturated heterocycles. The van der Waals surface area contributed by atoms with Crippen LogP contribution in [0.4, 0.5) is 11.5 Å². The van der Waals surface area contributed by atoms with Crippen molar-refractivity contribution in [1.29, 1.82) is 0 Å². The molecule has 168 valence electrons. The molecule has 0 aliphatic rings. The summed E-state index contributed by atoms with van der Waals surface area (Å²) in [6.07, 6.45) is 5.89. The van der Waals surface area contributed by atoms with Gasteiger partial charge in [0.1, 0.15) is 11.6 Å². The molecule has 8 nitrogen and oxygen atoms in total. The minimum absolute atomic E-state index is 0.231. The van der Waals surface area contributed by atoms with Gasteiger partial charge in [-0.05, 0) is 60.2 Å². The lowest BCUT2D eigenvalue weighted by Crippen LogP contribution is -2.34. The van der Waals surface area contributed by atoms with Gasteiger partial charge in [0.15, 0.2) is 6.10 Å². The molecule has 2 aromatic carbocycles. The Bertz CT molecular complexity index is 1330. The van der Waals surface area contributed by atoms with Crippen LogP contribution in [0, 0.1) is 5.92 Å². The molecular weight excluding hydrogens is 418 g/mol. The molecule has 0 spiro atoms. The maximum absolute atomic E-state index is 13.1. The number of pyridine rings is 1. The van der Waals surface area contributed by atoms with Crippen LogP contribution in [0.3, 0.4) is 0 Å². The van der Waals surface area contributed by atoms with E-state index in [4.69, 9.17) is 10.5 Å². The van der Waals surface area contributed by atoms with E-state index in [1.165, 1.54) is 10.8 Å². The van der Waals surface area contributed by atoms with E-state index in [1.807, 2.05) is 32.0 Å². The van der Waals surface area contributed by atoms with Crippen molar-refractivity contribution >= 4 is 28.2 Å². The zero-order valence-corrected chi connectivity index (χ0v) is 18.4. The highest BCUT2D eigenvalue weighted by atomic mass is 16.5. The number of anilines is 2. The van der Waals surface area contributed by atoms with Gasteiger partial charge in [-0.2, -0.15) is 0 Å². The first kappa shape index (κ1) is 22.0. The second kappa shape index (κ2) is 9.52. The predicted molar refractivity (Wildman–Crippen MR) is 128 cm³/mol. The van der Waals surface area contributed by atoms with Crippen LogP contribution < -0.4 is 21.3 Å². The van der Waals surface area contributed by atoms with Crippen molar-refractivity contribution < 1.29 is 9.53 Å². The average Bonchev–Trinajstić information content (AvgIpc) is 2.80. The van der Waals surface area contributed by atoms with Crippen LogP contribution in [-0.4, -0.2) is 26.5 Å². The van der Waals surface area contributed by atoms with E-state index in [9.17, 15) is 9.59 Å². The molecule has 0 radical (unpaired) electrons. The molecule has 3 N–H and O–H groups in total. The molecule has 1 atom stereocenters. The largest absolute Gasteiger partial charge is 0.481 e. The summed E-state index contributed by atoms with van der Waals surface area (Å²) in [6.45, 7) is 4.07. The van der Waals surface area contributed by atoms with Crippen molar-refractivity contribution in [2.75, 3.05) is 11.1 Å². The number of nitrogens with one attached hydrogen (secondary N) is 1. The lowest BCUT2D eigenvalue weighted by molar-refractivity contribution is -0.123. The molecule has 0 aliphatic heterocycles. The first-order valence-corrected chi connectivity index (χ1v) is 10.7. The van der Waals surface area contributed by atoms with Crippen LogP contribution in [-0.2, 0) is 4.79 Å². The standard InChI is InChI=1S/C25H25N5O3/c1-16(2)13-22(33-20-8-3-17-9-10-28-24(26)21(17)14-20)25(32)29-18-4-6-19(7-5-18)30-12-11-27-15-23(30)31/h3-12,14-16,22H,13H2,1-2H3,(H2,26,28)(H,29,32).